The smallest absolute Gasteiger partial charge is 0.343 e. The van der Waals surface area contributed by atoms with Gasteiger partial charge in [0.2, 0.25) is 0 Å². The van der Waals surface area contributed by atoms with Gasteiger partial charge in [-0.05, 0) is 18.6 Å². The Morgan fingerprint density at radius 1 is 1.62 bits per heavy atom. The van der Waals surface area contributed by atoms with Gasteiger partial charge in [0.15, 0.2) is 11.0 Å². The maximum absolute atomic E-state index is 13.9. The van der Waals surface area contributed by atoms with E-state index in [1.807, 2.05) is 6.92 Å². The number of halogens is 1. The zero-order valence-corrected chi connectivity index (χ0v) is 12.0. The lowest BCUT2D eigenvalue weighted by molar-refractivity contribution is 0.318. The first-order chi connectivity index (χ1) is 10.1. The highest BCUT2D eigenvalue weighted by Crippen LogP contribution is 2.22. The predicted octanol–water partition coefficient (Wildman–Crippen LogP) is 1.12. The third-order valence-electron chi connectivity index (χ3n) is 2.85. The number of hydrogen-bond donors (Lipinski definition) is 3. The van der Waals surface area contributed by atoms with Crippen LogP contribution >= 0.6 is 11.8 Å². The lowest BCUT2D eigenvalue weighted by atomic mass is 10.1. The number of hydrogen-bond acceptors (Lipinski definition) is 5. The Hall–Kier alpha value is -2.29. The van der Waals surface area contributed by atoms with E-state index in [1.54, 1.807) is 12.1 Å². The van der Waals surface area contributed by atoms with Gasteiger partial charge in [0.1, 0.15) is 5.82 Å². The molecule has 2 aromatic rings. The lowest BCUT2D eigenvalue weighted by Crippen LogP contribution is -2.16. The molecule has 4 N–H and O–H groups in total. The fourth-order valence-corrected chi connectivity index (χ4v) is 2.71. The Morgan fingerprint density at radius 2 is 2.38 bits per heavy atom. The van der Waals surface area contributed by atoms with Gasteiger partial charge in [-0.1, -0.05) is 29.1 Å². The zero-order chi connectivity index (χ0) is 15.4. The van der Waals surface area contributed by atoms with Gasteiger partial charge in [-0.25, -0.2) is 14.3 Å². The second-order valence-electron chi connectivity index (χ2n) is 4.14. The number of aromatic amines is 1. The summed E-state index contributed by atoms with van der Waals surface area (Å²) in [7, 11) is 0. The van der Waals surface area contributed by atoms with Crippen LogP contribution in [0.4, 0.5) is 4.39 Å². The van der Waals surface area contributed by atoms with Gasteiger partial charge in [-0.15, -0.1) is 5.10 Å². The highest BCUT2D eigenvalue weighted by atomic mass is 32.2. The number of amidine groups is 1. The van der Waals surface area contributed by atoms with Crippen LogP contribution < -0.4 is 11.4 Å². The third-order valence-corrected chi connectivity index (χ3v) is 3.88. The van der Waals surface area contributed by atoms with Crippen LogP contribution in [-0.2, 0) is 12.3 Å². The van der Waals surface area contributed by atoms with Crippen molar-refractivity contribution in [1.82, 2.24) is 14.8 Å². The highest BCUT2D eigenvalue weighted by molar-refractivity contribution is 7.98. The summed E-state index contributed by atoms with van der Waals surface area (Å²) in [4.78, 5) is 11.4. The molecule has 0 spiro atoms. The molecule has 7 nitrogen and oxygen atoms in total. The maximum atomic E-state index is 13.9. The first kappa shape index (κ1) is 15.1. The number of thioether (sulfide) groups is 1. The lowest BCUT2D eigenvalue weighted by Gasteiger charge is -2.05. The maximum Gasteiger partial charge on any atom is 0.343 e. The Balaban J connectivity index is 2.15. The molecule has 0 aliphatic heterocycles. The molecule has 1 aromatic carbocycles. The molecule has 0 fully saturated rings. The molecule has 9 heteroatoms. The van der Waals surface area contributed by atoms with Crippen LogP contribution in [0, 0.1) is 5.82 Å². The number of oxime groups is 1. The molecular weight excluding hydrogens is 297 g/mol. The largest absolute Gasteiger partial charge is 0.409 e. The minimum Gasteiger partial charge on any atom is -0.409 e. The Bertz CT molecular complexity index is 725. The van der Waals surface area contributed by atoms with Crippen molar-refractivity contribution in [3.05, 3.63) is 45.6 Å². The number of nitrogens with zero attached hydrogens (tertiary/aromatic N) is 3. The average molecular weight is 311 g/mol. The molecular formula is C12H14FN5O2S. The summed E-state index contributed by atoms with van der Waals surface area (Å²) in [6.45, 7) is 2.32. The van der Waals surface area contributed by atoms with Crippen LogP contribution in [0.3, 0.4) is 0 Å². The molecule has 0 bridgehead atoms. The van der Waals surface area contributed by atoms with Gasteiger partial charge in [0, 0.05) is 17.9 Å². The summed E-state index contributed by atoms with van der Waals surface area (Å²) in [6, 6.07) is 4.31. The van der Waals surface area contributed by atoms with Gasteiger partial charge < -0.3 is 10.9 Å². The fraction of sp³-hybridized carbons (Fsp3) is 0.250. The van der Waals surface area contributed by atoms with Crippen molar-refractivity contribution in [2.45, 2.75) is 24.4 Å². The van der Waals surface area contributed by atoms with Crippen LogP contribution in [-0.4, -0.2) is 25.8 Å². The Morgan fingerprint density at radius 3 is 3.00 bits per heavy atom. The van der Waals surface area contributed by atoms with E-state index in [-0.39, 0.29) is 11.5 Å². The summed E-state index contributed by atoms with van der Waals surface area (Å²) >= 11 is 1.25. The van der Waals surface area contributed by atoms with Crippen LogP contribution in [0.1, 0.15) is 18.1 Å². The summed E-state index contributed by atoms with van der Waals surface area (Å²) in [6.07, 6.45) is 0. The predicted molar refractivity (Wildman–Crippen MR) is 77.0 cm³/mol. The molecule has 1 heterocycles. The SMILES string of the molecule is CCn1c(SCc2ccc(C(N)=NO)cc2F)n[nH]c1=O. The van der Waals surface area contributed by atoms with Gasteiger partial charge in [-0.3, -0.25) is 4.57 Å². The zero-order valence-electron chi connectivity index (χ0n) is 11.2. The monoisotopic (exact) mass is 311 g/mol. The number of nitrogens with one attached hydrogen (secondary N) is 1. The first-order valence-corrected chi connectivity index (χ1v) is 7.09. The number of nitrogens with two attached hydrogens (primary N) is 1. The van der Waals surface area contributed by atoms with Crippen LogP contribution in [0.25, 0.3) is 0 Å². The van der Waals surface area contributed by atoms with E-state index in [0.717, 1.165) is 0 Å². The summed E-state index contributed by atoms with van der Waals surface area (Å²) in [5.74, 6) is -0.306. The Labute approximate surface area is 123 Å². The number of rotatable bonds is 5. The van der Waals surface area contributed by atoms with E-state index in [2.05, 4.69) is 15.4 Å². The summed E-state index contributed by atoms with van der Waals surface area (Å²) in [5.41, 5.74) is 5.84. The molecule has 21 heavy (non-hydrogen) atoms. The molecule has 0 aliphatic rings. The minimum absolute atomic E-state index is 0.153. The van der Waals surface area contributed by atoms with Gasteiger partial charge in [0.05, 0.1) is 0 Å². The average Bonchev–Trinajstić information content (AvgIpc) is 2.85. The molecule has 0 unspecified atom stereocenters. The molecule has 0 radical (unpaired) electrons. The van der Waals surface area contributed by atoms with Crippen molar-refractivity contribution in [2.24, 2.45) is 10.9 Å². The van der Waals surface area contributed by atoms with Gasteiger partial charge in [0.25, 0.3) is 0 Å². The minimum atomic E-state index is -0.465. The van der Waals surface area contributed by atoms with Crippen LogP contribution in [0.2, 0.25) is 0 Å². The number of benzene rings is 1. The van der Waals surface area contributed by atoms with Crippen LogP contribution in [0.5, 0.6) is 0 Å². The second-order valence-corrected chi connectivity index (χ2v) is 5.08. The second kappa shape index (κ2) is 6.44. The van der Waals surface area contributed by atoms with E-state index in [4.69, 9.17) is 10.9 Å². The fourth-order valence-electron chi connectivity index (χ4n) is 1.72. The molecule has 0 saturated heterocycles. The van der Waals surface area contributed by atoms with E-state index >= 15 is 0 Å². The van der Waals surface area contributed by atoms with Crippen molar-refractivity contribution in [2.75, 3.05) is 0 Å². The first-order valence-electron chi connectivity index (χ1n) is 6.11. The molecule has 112 valence electrons. The van der Waals surface area contributed by atoms with Crippen molar-refractivity contribution < 1.29 is 9.60 Å². The highest BCUT2D eigenvalue weighted by Gasteiger charge is 2.11. The van der Waals surface area contributed by atoms with Crippen LogP contribution in [0.15, 0.2) is 33.3 Å². The molecule has 1 aromatic heterocycles. The number of H-pyrrole nitrogens is 1. The van der Waals surface area contributed by atoms with E-state index in [1.165, 1.54) is 22.4 Å². The van der Waals surface area contributed by atoms with Crippen molar-refractivity contribution in [3.63, 3.8) is 0 Å². The Kier molecular flexibility index (Phi) is 4.63. The van der Waals surface area contributed by atoms with Crippen molar-refractivity contribution in [1.29, 1.82) is 0 Å². The molecule has 0 amide bonds. The van der Waals surface area contributed by atoms with E-state index in [0.29, 0.717) is 28.6 Å². The molecule has 2 rings (SSSR count). The van der Waals surface area contributed by atoms with Gasteiger partial charge in [-0.2, -0.15) is 0 Å². The quantitative estimate of drug-likeness (QED) is 0.252. The summed E-state index contributed by atoms with van der Waals surface area (Å²) < 4.78 is 15.4. The molecule has 0 atom stereocenters. The molecule has 0 saturated carbocycles. The van der Waals surface area contributed by atoms with E-state index < -0.39 is 5.82 Å². The summed E-state index contributed by atoms with van der Waals surface area (Å²) in [5, 5.41) is 18.1. The molecule has 0 aliphatic carbocycles. The number of aromatic nitrogens is 3. The van der Waals surface area contributed by atoms with Crippen molar-refractivity contribution in [3.8, 4) is 0 Å². The van der Waals surface area contributed by atoms with Gasteiger partial charge >= 0.3 is 5.69 Å². The normalized spacial score (nSPS) is 11.8. The van der Waals surface area contributed by atoms with Crippen molar-refractivity contribution >= 4 is 17.6 Å². The standard InChI is InChI=1S/C12H14FN5O2S/c1-2-18-11(19)15-16-12(18)21-6-8-4-3-7(5-9(8)13)10(14)17-20/h3-5,20H,2,6H2,1H3,(H2,14,17)(H,15,19). The topological polar surface area (TPSA) is 109 Å². The third kappa shape index (κ3) is 3.24. The van der Waals surface area contributed by atoms with E-state index in [9.17, 15) is 9.18 Å².